The van der Waals surface area contributed by atoms with Gasteiger partial charge in [-0.25, -0.2) is 35.6 Å². The molecule has 340 valence electrons. The Morgan fingerprint density at radius 3 is 1.44 bits per heavy atom. The monoisotopic (exact) mass is 972 g/mol. The van der Waals surface area contributed by atoms with Crippen LogP contribution in [-0.2, 0) is 59.9 Å². The van der Waals surface area contributed by atoms with Crippen LogP contribution in [0.5, 0.6) is 0 Å². The number of carboxylic acids is 1. The number of aromatic nitrogens is 4. The lowest BCUT2D eigenvalue weighted by molar-refractivity contribution is -0.143. The first-order chi connectivity index (χ1) is 31.4. The van der Waals surface area contributed by atoms with Crippen LogP contribution in [0.1, 0.15) is 40.6 Å². The fourth-order valence-electron chi connectivity index (χ4n) is 7.81. The van der Waals surface area contributed by atoms with Crippen molar-refractivity contribution in [3.05, 3.63) is 177 Å². The molecule has 0 radical (unpaired) electrons. The predicted octanol–water partition coefficient (Wildman–Crippen LogP) is 9.77. The number of carboxylic acid groups (broad SMARTS) is 1. The zero-order chi connectivity index (χ0) is 47.5. The summed E-state index contributed by atoms with van der Waals surface area (Å²) < 4.78 is 89.9. The van der Waals surface area contributed by atoms with Crippen molar-refractivity contribution < 1.29 is 45.0 Å². The molecule has 0 saturated heterocycles. The smallest absolute Gasteiger partial charge is 0.325 e. The fraction of sp³-hybridized carbons (Fsp3) is 0.167. The summed E-state index contributed by atoms with van der Waals surface area (Å²) in [5.41, 5.74) is 4.78. The molecule has 12 nitrogen and oxygen atoms in total. The number of benzene rings is 4. The Hall–Kier alpha value is -6.46. The Kier molecular flexibility index (Phi) is 14.1. The van der Waals surface area contributed by atoms with Crippen molar-refractivity contribution in [2.75, 3.05) is 6.61 Å². The molecule has 0 spiro atoms. The number of fused-ring (bicyclic) bond motifs is 2. The van der Waals surface area contributed by atoms with Crippen molar-refractivity contribution in [1.82, 2.24) is 19.1 Å². The topological polar surface area (TPSA) is 168 Å². The highest BCUT2D eigenvalue weighted by atomic mass is 35.5. The molecule has 0 saturated carbocycles. The predicted molar refractivity (Wildman–Crippen MR) is 245 cm³/mol. The molecule has 0 bridgehead atoms. The zero-order valence-corrected chi connectivity index (χ0v) is 38.6. The maximum Gasteiger partial charge on any atom is 0.325 e. The van der Waals surface area contributed by atoms with Gasteiger partial charge in [0.15, 0.2) is 10.1 Å². The Labute approximate surface area is 388 Å². The van der Waals surface area contributed by atoms with E-state index in [1.165, 1.54) is 91.3 Å². The number of carbonyl (C=O) groups excluding carboxylic acids is 1. The first kappa shape index (κ1) is 47.5. The maximum atomic E-state index is 14.2. The van der Waals surface area contributed by atoms with Gasteiger partial charge in [0.25, 0.3) is 0 Å². The summed E-state index contributed by atoms with van der Waals surface area (Å²) in [5.74, 6) is -2.34. The average molecular weight is 974 g/mol. The molecule has 8 rings (SSSR count). The third-order valence-electron chi connectivity index (χ3n) is 10.9. The van der Waals surface area contributed by atoms with E-state index in [2.05, 4.69) is 9.97 Å². The van der Waals surface area contributed by atoms with Gasteiger partial charge in [-0.2, -0.15) is 0 Å². The van der Waals surface area contributed by atoms with Crippen molar-refractivity contribution >= 4 is 76.6 Å². The summed E-state index contributed by atoms with van der Waals surface area (Å²) in [6, 6.07) is 26.8. The molecule has 4 aromatic carbocycles. The first-order valence-corrected chi connectivity index (χ1v) is 23.9. The fourth-order valence-corrected chi connectivity index (χ4v) is 10.9. The molecule has 0 aliphatic rings. The second-order valence-electron chi connectivity index (χ2n) is 15.0. The highest BCUT2D eigenvalue weighted by Crippen LogP contribution is 2.34. The van der Waals surface area contributed by atoms with Gasteiger partial charge in [-0.15, -0.1) is 0 Å². The van der Waals surface area contributed by atoms with Gasteiger partial charge in [0.1, 0.15) is 24.7 Å². The number of nitrogens with zero attached hydrogens (tertiary/aromatic N) is 4. The SMILES string of the molecule is CCOC(=O)Cn1c(C)c(Cc2cccnc2S(=O)(=O)c2ccc(Cl)cc2)c2cc(F)ccc21.Cc1c(Cc2cccnc2S(=O)(=O)c2ccc(Cl)cc2)c2cc(F)ccc2n1CC(=O)O. The van der Waals surface area contributed by atoms with Crippen LogP contribution in [0, 0.1) is 25.5 Å². The number of aliphatic carboxylic acids is 1. The molecular weight excluding hydrogens is 934 g/mol. The highest BCUT2D eigenvalue weighted by molar-refractivity contribution is 7.91. The number of hydrogen-bond donors (Lipinski definition) is 1. The third kappa shape index (κ3) is 9.87. The van der Waals surface area contributed by atoms with E-state index in [0.29, 0.717) is 65.5 Å². The van der Waals surface area contributed by atoms with Crippen LogP contribution in [0.2, 0.25) is 10.0 Å². The molecule has 0 amide bonds. The van der Waals surface area contributed by atoms with Crippen LogP contribution in [0.25, 0.3) is 21.8 Å². The second kappa shape index (κ2) is 19.6. The van der Waals surface area contributed by atoms with Crippen LogP contribution < -0.4 is 0 Å². The Balaban J connectivity index is 0.000000197. The molecule has 0 aliphatic carbocycles. The van der Waals surface area contributed by atoms with Crippen LogP contribution in [0.15, 0.2) is 141 Å². The minimum absolute atomic E-state index is 0.0369. The van der Waals surface area contributed by atoms with Crippen LogP contribution in [0.3, 0.4) is 0 Å². The summed E-state index contributed by atoms with van der Waals surface area (Å²) >= 11 is 11.8. The van der Waals surface area contributed by atoms with Gasteiger partial charge in [-0.05, 0) is 140 Å². The number of halogens is 4. The maximum absolute atomic E-state index is 14.2. The summed E-state index contributed by atoms with van der Waals surface area (Å²) in [7, 11) is -7.86. The van der Waals surface area contributed by atoms with Gasteiger partial charge in [-0.3, -0.25) is 9.59 Å². The van der Waals surface area contributed by atoms with E-state index in [1.807, 2.05) is 6.92 Å². The van der Waals surface area contributed by atoms with Gasteiger partial charge in [0.05, 0.1) is 16.4 Å². The van der Waals surface area contributed by atoms with Crippen LogP contribution in [-0.4, -0.2) is 59.6 Å². The molecule has 0 unspecified atom stereocenters. The van der Waals surface area contributed by atoms with Crippen molar-refractivity contribution in [2.24, 2.45) is 0 Å². The molecule has 0 fully saturated rings. The van der Waals surface area contributed by atoms with Gasteiger partial charge in [0, 0.05) is 68.5 Å². The minimum atomic E-state index is -3.94. The lowest BCUT2D eigenvalue weighted by Crippen LogP contribution is -2.14. The first-order valence-electron chi connectivity index (χ1n) is 20.2. The highest BCUT2D eigenvalue weighted by Gasteiger charge is 2.27. The van der Waals surface area contributed by atoms with Crippen molar-refractivity contribution in [3.8, 4) is 0 Å². The second-order valence-corrected chi connectivity index (χ2v) is 19.6. The molecule has 8 aromatic rings. The molecule has 4 heterocycles. The van der Waals surface area contributed by atoms with E-state index >= 15 is 0 Å². The number of sulfone groups is 2. The minimum Gasteiger partial charge on any atom is -0.480 e. The van der Waals surface area contributed by atoms with Crippen LogP contribution >= 0.6 is 23.2 Å². The Morgan fingerprint density at radius 1 is 0.636 bits per heavy atom. The normalized spacial score (nSPS) is 11.7. The summed E-state index contributed by atoms with van der Waals surface area (Å²) in [5, 5.41) is 11.1. The van der Waals surface area contributed by atoms with E-state index < -0.39 is 43.2 Å². The lowest BCUT2D eigenvalue weighted by atomic mass is 10.0. The van der Waals surface area contributed by atoms with Crippen LogP contribution in [0.4, 0.5) is 8.78 Å². The number of carbonyl (C=O) groups is 2. The Bertz CT molecular complexity index is 3380. The number of pyridine rings is 2. The van der Waals surface area contributed by atoms with Gasteiger partial charge in [-0.1, -0.05) is 35.3 Å². The number of hydrogen-bond acceptors (Lipinski definition) is 9. The quantitative estimate of drug-likeness (QED) is 0.110. The third-order valence-corrected chi connectivity index (χ3v) is 15.0. The lowest BCUT2D eigenvalue weighted by Gasteiger charge is -2.11. The number of esters is 1. The largest absolute Gasteiger partial charge is 0.480 e. The van der Waals surface area contributed by atoms with E-state index in [-0.39, 0.29) is 52.4 Å². The summed E-state index contributed by atoms with van der Waals surface area (Å²) in [6.07, 6.45) is 3.13. The average Bonchev–Trinajstić information content (AvgIpc) is 3.67. The molecule has 0 atom stereocenters. The summed E-state index contributed by atoms with van der Waals surface area (Å²) in [4.78, 5) is 32.0. The Morgan fingerprint density at radius 2 is 1.05 bits per heavy atom. The standard InChI is InChI=1S/C25H22ClFN2O4S.C23H18ClFN2O4S/c1-3-33-24(30)15-29-16(2)21(22-14-19(27)8-11-23(22)29)13-17-5-4-12-28-25(17)34(31,32)20-9-6-18(26)7-10-20;1-14-19(20-12-17(25)6-9-21(20)27(14)13-22(28)29)11-15-3-2-10-26-23(15)32(30,31)18-7-4-16(24)5-8-18/h4-12,14H,3,13,15H2,1-2H3;2-10,12H,11,13H2,1H3,(H,28,29). The van der Waals surface area contributed by atoms with Gasteiger partial charge in [0.2, 0.25) is 19.7 Å². The number of ether oxygens (including phenoxy) is 1. The molecular formula is C48H40Cl2F2N4O8S2. The molecule has 4 aromatic heterocycles. The van der Waals surface area contributed by atoms with Crippen molar-refractivity contribution in [1.29, 1.82) is 0 Å². The number of rotatable bonds is 13. The van der Waals surface area contributed by atoms with E-state index in [9.17, 15) is 40.3 Å². The van der Waals surface area contributed by atoms with Gasteiger partial charge >= 0.3 is 11.9 Å². The van der Waals surface area contributed by atoms with Gasteiger partial charge < -0.3 is 19.0 Å². The molecule has 18 heteroatoms. The molecule has 1 N–H and O–H groups in total. The van der Waals surface area contributed by atoms with Crippen molar-refractivity contribution in [3.63, 3.8) is 0 Å². The van der Waals surface area contributed by atoms with E-state index in [0.717, 1.165) is 0 Å². The molecule has 66 heavy (non-hydrogen) atoms. The van der Waals surface area contributed by atoms with E-state index in [1.54, 1.807) is 53.3 Å². The van der Waals surface area contributed by atoms with Crippen molar-refractivity contribution in [2.45, 2.75) is 66.5 Å². The van der Waals surface area contributed by atoms with E-state index in [4.69, 9.17) is 27.9 Å². The zero-order valence-electron chi connectivity index (χ0n) is 35.5. The molecule has 0 aliphatic heterocycles. The summed E-state index contributed by atoms with van der Waals surface area (Å²) in [6.45, 7) is 5.20.